The first-order valence-electron chi connectivity index (χ1n) is 7.99. The molecule has 1 saturated heterocycles. The number of sulfonamides is 1. The van der Waals surface area contributed by atoms with Crippen molar-refractivity contribution in [1.29, 1.82) is 0 Å². The molecule has 0 radical (unpaired) electrons. The second-order valence-electron chi connectivity index (χ2n) is 5.76. The van der Waals surface area contributed by atoms with Crippen LogP contribution in [0.15, 0.2) is 57.8 Å². The summed E-state index contributed by atoms with van der Waals surface area (Å²) in [6.07, 6.45) is 2.89. The van der Waals surface area contributed by atoms with Gasteiger partial charge in [-0.2, -0.15) is 9.41 Å². The molecule has 0 aliphatic carbocycles. The van der Waals surface area contributed by atoms with Crippen molar-refractivity contribution >= 4 is 33.5 Å². The third kappa shape index (κ3) is 4.33. The number of nitrogens with zero attached hydrogens (tertiary/aromatic N) is 2. The van der Waals surface area contributed by atoms with Gasteiger partial charge >= 0.3 is 0 Å². The van der Waals surface area contributed by atoms with Gasteiger partial charge in [0.1, 0.15) is 0 Å². The fourth-order valence-corrected chi connectivity index (χ4v) is 4.86. The van der Waals surface area contributed by atoms with Crippen LogP contribution >= 0.6 is 11.3 Å². The van der Waals surface area contributed by atoms with Crippen molar-refractivity contribution in [1.82, 2.24) is 9.73 Å². The molecule has 8 heteroatoms. The summed E-state index contributed by atoms with van der Waals surface area (Å²) in [5.74, 6) is -0.645. The molecule has 1 aromatic carbocycles. The van der Waals surface area contributed by atoms with Crippen molar-refractivity contribution in [3.63, 3.8) is 0 Å². The smallest absolute Gasteiger partial charge is 0.244 e. The lowest BCUT2D eigenvalue weighted by Gasteiger charge is -2.30. The lowest BCUT2D eigenvalue weighted by Crippen LogP contribution is -2.44. The molecule has 1 N–H and O–H groups in total. The Hall–Kier alpha value is -2.03. The molecule has 1 fully saturated rings. The van der Waals surface area contributed by atoms with Crippen LogP contribution in [0.4, 0.5) is 0 Å². The molecule has 2 aromatic rings. The van der Waals surface area contributed by atoms with E-state index < -0.39 is 15.9 Å². The van der Waals surface area contributed by atoms with Gasteiger partial charge in [0, 0.05) is 18.0 Å². The molecular weight excluding hydrogens is 358 g/mol. The van der Waals surface area contributed by atoms with Gasteiger partial charge < -0.3 is 0 Å². The summed E-state index contributed by atoms with van der Waals surface area (Å²) in [6.45, 7) is 0.608. The largest absolute Gasteiger partial charge is 0.273 e. The summed E-state index contributed by atoms with van der Waals surface area (Å²) in [7, 11) is -3.57. The number of carbonyl (C=O) groups excluding carboxylic acids is 1. The van der Waals surface area contributed by atoms with E-state index >= 15 is 0 Å². The quantitative estimate of drug-likeness (QED) is 0.641. The molecule has 6 nitrogen and oxygen atoms in total. The van der Waals surface area contributed by atoms with Gasteiger partial charge in [-0.25, -0.2) is 13.8 Å². The van der Waals surface area contributed by atoms with Crippen molar-refractivity contribution in [2.24, 2.45) is 11.0 Å². The number of piperidine rings is 1. The highest BCUT2D eigenvalue weighted by molar-refractivity contribution is 7.89. The zero-order chi connectivity index (χ0) is 17.7. The Morgan fingerprint density at radius 3 is 2.76 bits per heavy atom. The van der Waals surface area contributed by atoms with E-state index in [0.29, 0.717) is 19.4 Å². The molecule has 0 spiro atoms. The molecule has 1 aliphatic heterocycles. The average molecular weight is 377 g/mol. The fourth-order valence-electron chi connectivity index (χ4n) is 2.73. The van der Waals surface area contributed by atoms with Crippen LogP contribution in [0, 0.1) is 5.92 Å². The maximum atomic E-state index is 12.7. The molecular formula is C17H19N3O3S2. The summed E-state index contributed by atoms with van der Waals surface area (Å²) in [6, 6.07) is 12.1. The Morgan fingerprint density at radius 2 is 2.04 bits per heavy atom. The van der Waals surface area contributed by atoms with Crippen LogP contribution in [0.25, 0.3) is 0 Å². The standard InChI is InChI=1S/C17H19N3O3S2/c21-17(19-18-12-15-7-5-11-24-15)14-6-4-10-20(13-14)25(22,23)16-8-2-1-3-9-16/h1-3,5,7-9,11-12,14H,4,6,10,13H2,(H,19,21)/b18-12+. The van der Waals surface area contributed by atoms with Gasteiger partial charge in [-0.15, -0.1) is 11.3 Å². The Kier molecular flexibility index (Phi) is 5.62. The van der Waals surface area contributed by atoms with Crippen molar-refractivity contribution < 1.29 is 13.2 Å². The minimum atomic E-state index is -3.57. The maximum absolute atomic E-state index is 12.7. The van der Waals surface area contributed by atoms with E-state index in [2.05, 4.69) is 10.5 Å². The zero-order valence-electron chi connectivity index (χ0n) is 13.5. The minimum Gasteiger partial charge on any atom is -0.273 e. The molecule has 1 unspecified atom stereocenters. The van der Waals surface area contributed by atoms with Crippen molar-refractivity contribution in [3.05, 3.63) is 52.7 Å². The Bertz CT molecular complexity index is 833. The molecule has 1 atom stereocenters. The number of hydrogen-bond acceptors (Lipinski definition) is 5. The first-order valence-corrected chi connectivity index (χ1v) is 10.3. The lowest BCUT2D eigenvalue weighted by atomic mass is 9.99. The number of hydrogen-bond donors (Lipinski definition) is 1. The molecule has 132 valence electrons. The number of hydrazone groups is 1. The third-order valence-electron chi connectivity index (χ3n) is 4.05. The van der Waals surface area contributed by atoms with Crippen LogP contribution in [0.5, 0.6) is 0 Å². The van der Waals surface area contributed by atoms with E-state index in [0.717, 1.165) is 4.88 Å². The van der Waals surface area contributed by atoms with Gasteiger partial charge in [-0.1, -0.05) is 24.3 Å². The van der Waals surface area contributed by atoms with Crippen molar-refractivity contribution in [3.8, 4) is 0 Å². The SMILES string of the molecule is O=C(N/N=C/c1cccs1)C1CCCN(S(=O)(=O)c2ccccc2)C1. The fraction of sp³-hybridized carbons (Fsp3) is 0.294. The first kappa shape index (κ1) is 17.8. The first-order chi connectivity index (χ1) is 12.1. The number of benzene rings is 1. The molecule has 25 heavy (non-hydrogen) atoms. The Labute approximate surface area is 151 Å². The van der Waals surface area contributed by atoms with Crippen LogP contribution in [-0.2, 0) is 14.8 Å². The van der Waals surface area contributed by atoms with E-state index in [9.17, 15) is 13.2 Å². The van der Waals surface area contributed by atoms with Crippen LogP contribution in [-0.4, -0.2) is 37.9 Å². The van der Waals surface area contributed by atoms with Gasteiger partial charge in [0.2, 0.25) is 15.9 Å². The number of thiophene rings is 1. The van der Waals surface area contributed by atoms with E-state index in [-0.39, 0.29) is 17.3 Å². The summed E-state index contributed by atoms with van der Waals surface area (Å²) in [4.78, 5) is 13.5. The predicted octanol–water partition coefficient (Wildman–Crippen LogP) is 2.30. The van der Waals surface area contributed by atoms with Gasteiger partial charge in [0.25, 0.3) is 0 Å². The summed E-state index contributed by atoms with van der Waals surface area (Å²) in [5.41, 5.74) is 2.52. The molecule has 1 amide bonds. The highest BCUT2D eigenvalue weighted by Gasteiger charge is 2.33. The highest BCUT2D eigenvalue weighted by atomic mass is 32.2. The van der Waals surface area contributed by atoms with Crippen LogP contribution in [0.1, 0.15) is 17.7 Å². The van der Waals surface area contributed by atoms with Gasteiger partial charge in [0.05, 0.1) is 17.0 Å². The molecule has 0 saturated carbocycles. The number of rotatable bonds is 5. The monoisotopic (exact) mass is 377 g/mol. The zero-order valence-corrected chi connectivity index (χ0v) is 15.2. The summed E-state index contributed by atoms with van der Waals surface area (Å²) in [5, 5.41) is 5.88. The number of nitrogens with one attached hydrogen (secondary N) is 1. The summed E-state index contributed by atoms with van der Waals surface area (Å²) >= 11 is 1.52. The van der Waals surface area contributed by atoms with E-state index in [1.807, 2.05) is 17.5 Å². The number of amides is 1. The topological polar surface area (TPSA) is 78.8 Å². The lowest BCUT2D eigenvalue weighted by molar-refractivity contribution is -0.126. The molecule has 3 rings (SSSR count). The normalized spacial score (nSPS) is 19.1. The summed E-state index contributed by atoms with van der Waals surface area (Å²) < 4.78 is 26.8. The molecule has 1 aromatic heterocycles. The number of carbonyl (C=O) groups is 1. The van der Waals surface area contributed by atoms with E-state index in [1.54, 1.807) is 36.5 Å². The molecule has 1 aliphatic rings. The van der Waals surface area contributed by atoms with Crippen LogP contribution in [0.3, 0.4) is 0 Å². The van der Waals surface area contributed by atoms with Gasteiger partial charge in [-0.05, 0) is 36.4 Å². The second kappa shape index (κ2) is 7.90. The predicted molar refractivity (Wildman–Crippen MR) is 98.0 cm³/mol. The van der Waals surface area contributed by atoms with Gasteiger partial charge in [0.15, 0.2) is 0 Å². The maximum Gasteiger partial charge on any atom is 0.244 e. The van der Waals surface area contributed by atoms with E-state index in [4.69, 9.17) is 0 Å². The third-order valence-corrected chi connectivity index (χ3v) is 6.73. The van der Waals surface area contributed by atoms with Crippen molar-refractivity contribution in [2.75, 3.05) is 13.1 Å². The van der Waals surface area contributed by atoms with E-state index in [1.165, 1.54) is 15.6 Å². The Morgan fingerprint density at radius 1 is 1.24 bits per heavy atom. The highest BCUT2D eigenvalue weighted by Crippen LogP contribution is 2.23. The second-order valence-corrected chi connectivity index (χ2v) is 8.68. The van der Waals surface area contributed by atoms with Crippen LogP contribution < -0.4 is 5.43 Å². The minimum absolute atomic E-state index is 0.178. The van der Waals surface area contributed by atoms with Gasteiger partial charge in [-0.3, -0.25) is 4.79 Å². The molecule has 2 heterocycles. The van der Waals surface area contributed by atoms with Crippen LogP contribution in [0.2, 0.25) is 0 Å². The molecule has 0 bridgehead atoms. The average Bonchev–Trinajstić information content (AvgIpc) is 3.16. The van der Waals surface area contributed by atoms with Crippen molar-refractivity contribution in [2.45, 2.75) is 17.7 Å². The Balaban J connectivity index is 1.63.